The van der Waals surface area contributed by atoms with E-state index in [0.717, 1.165) is 6.92 Å². The van der Waals surface area contributed by atoms with E-state index in [4.69, 9.17) is 35.7 Å². The summed E-state index contributed by atoms with van der Waals surface area (Å²) in [6.07, 6.45) is -11.6. The lowest BCUT2D eigenvalue weighted by atomic mass is 10.0. The largest absolute Gasteiger partial charge is 0.394 e. The van der Waals surface area contributed by atoms with Crippen LogP contribution in [0.1, 0.15) is 6.92 Å². The lowest BCUT2D eigenvalue weighted by molar-refractivity contribution is -0.136. The second-order valence-corrected chi connectivity index (χ2v) is 5.45. The minimum absolute atomic E-state index is 0.0258. The van der Waals surface area contributed by atoms with Gasteiger partial charge >= 0.3 is 0 Å². The first-order valence-electron chi connectivity index (χ1n) is 7.64. The molecule has 0 unspecified atom stereocenters. The Labute approximate surface area is 154 Å². The van der Waals surface area contributed by atoms with Crippen molar-refractivity contribution >= 4 is 18.5 Å². The predicted octanol–water partition coefficient (Wildman–Crippen LogP) is -6.61. The van der Waals surface area contributed by atoms with E-state index in [1.54, 1.807) is 0 Å². The topological polar surface area (TPSA) is 245 Å². The zero-order chi connectivity index (χ0) is 21.7. The Kier molecular flexibility index (Phi) is 14.9. The average molecular weight is 401 g/mol. The van der Waals surface area contributed by atoms with Gasteiger partial charge in [-0.25, -0.2) is 0 Å². The Hall–Kier alpha value is -1.55. The molecule has 10 N–H and O–H groups in total. The maximum absolute atomic E-state index is 10.6. The lowest BCUT2D eigenvalue weighted by Gasteiger charge is -2.25. The van der Waals surface area contributed by atoms with E-state index in [1.165, 1.54) is 0 Å². The number of rotatable bonds is 11. The zero-order valence-corrected chi connectivity index (χ0v) is 14.4. The number of hydrogen-bond donors (Lipinski definition) is 10. The van der Waals surface area contributed by atoms with Crippen LogP contribution in [-0.4, -0.2) is 126 Å². The molecule has 0 bridgehead atoms. The van der Waals surface area contributed by atoms with Gasteiger partial charge < -0.3 is 60.9 Å². The first-order chi connectivity index (χ1) is 12.5. The summed E-state index contributed by atoms with van der Waals surface area (Å²) in [5, 5.41) is 81.7. The molecule has 0 heterocycles. The number of carbonyl (C=O) groups excluding carboxylic acids is 3. The summed E-state index contributed by atoms with van der Waals surface area (Å²) >= 11 is 0. The van der Waals surface area contributed by atoms with Crippen LogP contribution < -0.4 is 5.32 Å². The Balaban J connectivity index is 0. The molecule has 0 saturated carbocycles. The van der Waals surface area contributed by atoms with Crippen LogP contribution in [0, 0.1) is 0 Å². The van der Waals surface area contributed by atoms with Gasteiger partial charge in [-0.2, -0.15) is 0 Å². The average Bonchev–Trinajstić information content (AvgIpc) is 2.67. The third-order valence-corrected chi connectivity index (χ3v) is 3.24. The normalized spacial score (nSPS) is 19.8. The van der Waals surface area contributed by atoms with Gasteiger partial charge in [-0.1, -0.05) is 0 Å². The highest BCUT2D eigenvalue weighted by atomic mass is 16.4. The highest BCUT2D eigenvalue weighted by molar-refractivity contribution is 5.77. The maximum Gasteiger partial charge on any atom is 0.217 e. The molecule has 0 aromatic rings. The minimum Gasteiger partial charge on any atom is -0.394 e. The molecule has 8 atom stereocenters. The zero-order valence-electron chi connectivity index (χ0n) is 14.4. The SMILES string of the molecule is CC(=O)N[C@@H](C=O)[C@@H](O)[C@@H](O)[C@H](O)CO.O=C[C@H](O)[C@@H](O)[C@H](O)[C@H](O)CO. The molecule has 0 aliphatic heterocycles. The predicted molar refractivity (Wildman–Crippen MR) is 86.0 cm³/mol. The third kappa shape index (κ3) is 10.4. The molecule has 0 rings (SSSR count). The van der Waals surface area contributed by atoms with Crippen molar-refractivity contribution in [1.29, 1.82) is 0 Å². The van der Waals surface area contributed by atoms with Gasteiger partial charge in [0.2, 0.25) is 5.91 Å². The van der Waals surface area contributed by atoms with Gasteiger partial charge in [-0.3, -0.25) is 4.79 Å². The Morgan fingerprint density at radius 3 is 1.48 bits per heavy atom. The fourth-order valence-electron chi connectivity index (χ4n) is 1.60. The molecule has 0 saturated heterocycles. The number of carbonyl (C=O) groups is 3. The van der Waals surface area contributed by atoms with Gasteiger partial charge in [0.25, 0.3) is 0 Å². The molecule has 13 heteroatoms. The fourth-order valence-corrected chi connectivity index (χ4v) is 1.60. The van der Waals surface area contributed by atoms with E-state index < -0.39 is 67.9 Å². The van der Waals surface area contributed by atoms with Gasteiger partial charge in [-0.05, 0) is 0 Å². The number of hydrogen-bond acceptors (Lipinski definition) is 12. The van der Waals surface area contributed by atoms with Crippen molar-refractivity contribution in [2.45, 2.75) is 55.7 Å². The van der Waals surface area contributed by atoms with Crippen molar-refractivity contribution in [3.8, 4) is 0 Å². The van der Waals surface area contributed by atoms with E-state index in [2.05, 4.69) is 5.32 Å². The van der Waals surface area contributed by atoms with E-state index in [9.17, 15) is 24.6 Å². The van der Waals surface area contributed by atoms with Crippen molar-refractivity contribution in [3.05, 3.63) is 0 Å². The molecule has 13 nitrogen and oxygen atoms in total. The monoisotopic (exact) mass is 401 g/mol. The molecule has 0 fully saturated rings. The highest BCUT2D eigenvalue weighted by Gasteiger charge is 2.31. The van der Waals surface area contributed by atoms with Crippen LogP contribution in [0.2, 0.25) is 0 Å². The summed E-state index contributed by atoms with van der Waals surface area (Å²) < 4.78 is 0. The van der Waals surface area contributed by atoms with Gasteiger partial charge in [0.15, 0.2) is 6.29 Å². The molecule has 160 valence electrons. The number of amides is 1. The van der Waals surface area contributed by atoms with Crippen molar-refractivity contribution < 1.29 is 60.3 Å². The third-order valence-electron chi connectivity index (χ3n) is 3.24. The highest BCUT2D eigenvalue weighted by Crippen LogP contribution is 2.04. The Morgan fingerprint density at radius 1 is 0.778 bits per heavy atom. The summed E-state index contributed by atoms with van der Waals surface area (Å²) in [7, 11) is 0. The van der Waals surface area contributed by atoms with E-state index in [-0.39, 0.29) is 12.6 Å². The summed E-state index contributed by atoms with van der Waals surface area (Å²) in [5.41, 5.74) is 0. The first-order valence-corrected chi connectivity index (χ1v) is 7.64. The van der Waals surface area contributed by atoms with Gasteiger partial charge in [0, 0.05) is 6.92 Å². The Morgan fingerprint density at radius 2 is 1.19 bits per heavy atom. The van der Waals surface area contributed by atoms with Crippen LogP contribution in [0.15, 0.2) is 0 Å². The first kappa shape index (κ1) is 27.7. The van der Waals surface area contributed by atoms with Crippen molar-refractivity contribution in [1.82, 2.24) is 5.32 Å². The van der Waals surface area contributed by atoms with Crippen molar-refractivity contribution in [2.75, 3.05) is 13.2 Å². The van der Waals surface area contributed by atoms with Crippen LogP contribution in [0.25, 0.3) is 0 Å². The quantitative estimate of drug-likeness (QED) is 0.145. The second-order valence-electron chi connectivity index (χ2n) is 5.45. The molecule has 0 radical (unpaired) electrons. The number of nitrogens with one attached hydrogen (secondary N) is 1. The summed E-state index contributed by atoms with van der Waals surface area (Å²) in [5.74, 6) is -0.558. The number of aliphatic hydroxyl groups excluding tert-OH is 9. The summed E-state index contributed by atoms with van der Waals surface area (Å²) in [6, 6.07) is -1.32. The fraction of sp³-hybridized carbons (Fsp3) is 0.786. The van der Waals surface area contributed by atoms with Gasteiger partial charge in [0.05, 0.1) is 13.2 Å². The summed E-state index contributed by atoms with van der Waals surface area (Å²) in [4.78, 5) is 31.0. The van der Waals surface area contributed by atoms with Gasteiger partial charge in [0.1, 0.15) is 55.1 Å². The molecular formula is C14H27NO12. The number of aliphatic hydroxyl groups is 9. The summed E-state index contributed by atoms with van der Waals surface area (Å²) in [6.45, 7) is -0.383. The smallest absolute Gasteiger partial charge is 0.217 e. The molecule has 0 aromatic carbocycles. The molecule has 0 aliphatic rings. The van der Waals surface area contributed by atoms with Crippen LogP contribution in [-0.2, 0) is 14.4 Å². The lowest BCUT2D eigenvalue weighted by Crippen LogP contribution is -2.53. The molecular weight excluding hydrogens is 374 g/mol. The van der Waals surface area contributed by atoms with E-state index in [1.807, 2.05) is 0 Å². The molecule has 1 amide bonds. The maximum atomic E-state index is 10.6. The molecule has 0 aliphatic carbocycles. The van der Waals surface area contributed by atoms with E-state index >= 15 is 0 Å². The molecule has 27 heavy (non-hydrogen) atoms. The minimum atomic E-state index is -1.79. The van der Waals surface area contributed by atoms with Gasteiger partial charge in [-0.15, -0.1) is 0 Å². The Bertz CT molecular complexity index is 436. The van der Waals surface area contributed by atoms with Crippen molar-refractivity contribution in [3.63, 3.8) is 0 Å². The van der Waals surface area contributed by atoms with Crippen LogP contribution >= 0.6 is 0 Å². The van der Waals surface area contributed by atoms with Crippen molar-refractivity contribution in [2.24, 2.45) is 0 Å². The molecule has 0 spiro atoms. The van der Waals surface area contributed by atoms with Crippen LogP contribution in [0.3, 0.4) is 0 Å². The number of aldehydes is 2. The van der Waals surface area contributed by atoms with Crippen LogP contribution in [0.5, 0.6) is 0 Å². The standard InChI is InChI=1S/C8H15NO6.C6H12O6/c1-4(12)9-5(2-10)7(14)8(15)6(13)3-11;7-1-3(9)5(11)6(12)4(10)2-8/h2,5-8,11,13-15H,3H2,1H3,(H,9,12);1,3-6,8-12H,2H2/t5-,6+,7+,8-;3-,4+,5+,6+/m00/s1. The van der Waals surface area contributed by atoms with Crippen LogP contribution in [0.4, 0.5) is 0 Å². The molecule has 0 aromatic heterocycles. The van der Waals surface area contributed by atoms with E-state index in [0.29, 0.717) is 0 Å². The second kappa shape index (κ2) is 14.5.